The molecule has 1 atom stereocenters. The number of carbonyl (C=O) groups is 2. The number of hydrogen-bond donors (Lipinski definition) is 1. The van der Waals surface area contributed by atoms with Crippen LogP contribution in [-0.4, -0.2) is 22.5 Å². The Balaban J connectivity index is 1.94. The number of amides is 1. The van der Waals surface area contributed by atoms with E-state index in [0.29, 0.717) is 12.1 Å². The molecule has 0 aliphatic heterocycles. The van der Waals surface area contributed by atoms with Gasteiger partial charge in [-0.05, 0) is 39.3 Å². The summed E-state index contributed by atoms with van der Waals surface area (Å²) in [5.74, 6) is -0.776. The highest BCUT2D eigenvalue weighted by Crippen LogP contribution is 2.16. The molecule has 0 bridgehead atoms. The Morgan fingerprint density at radius 3 is 2.46 bits per heavy atom. The molecule has 2 rings (SSSR count). The lowest BCUT2D eigenvalue weighted by molar-refractivity contribution is -0.129. The molecule has 0 aliphatic carbocycles. The lowest BCUT2D eigenvalue weighted by atomic mass is 10.2. The second kappa shape index (κ2) is 7.81. The maximum atomic E-state index is 12.3. The SMILES string of the molecule is CCn1c(C)cc(C(=O)O[C@H](C)C(=O)NCc2ccccc2)c1C. The van der Waals surface area contributed by atoms with Crippen LogP contribution in [0, 0.1) is 13.8 Å². The topological polar surface area (TPSA) is 60.3 Å². The normalized spacial score (nSPS) is 11.8. The highest BCUT2D eigenvalue weighted by Gasteiger charge is 2.22. The molecule has 0 fully saturated rings. The number of esters is 1. The molecule has 1 aromatic heterocycles. The molecule has 24 heavy (non-hydrogen) atoms. The van der Waals surface area contributed by atoms with E-state index >= 15 is 0 Å². The third kappa shape index (κ3) is 4.04. The first-order valence-corrected chi connectivity index (χ1v) is 8.13. The highest BCUT2D eigenvalue weighted by molar-refractivity contribution is 5.93. The molecule has 1 aromatic carbocycles. The van der Waals surface area contributed by atoms with Gasteiger partial charge in [0.1, 0.15) is 0 Å². The summed E-state index contributed by atoms with van der Waals surface area (Å²) in [6.45, 7) is 8.63. The smallest absolute Gasteiger partial charge is 0.340 e. The van der Waals surface area contributed by atoms with Gasteiger partial charge in [-0.25, -0.2) is 4.79 Å². The van der Waals surface area contributed by atoms with Crippen LogP contribution in [0.2, 0.25) is 0 Å². The second-order valence-electron chi connectivity index (χ2n) is 5.78. The van der Waals surface area contributed by atoms with Crippen LogP contribution in [0.1, 0.15) is 41.2 Å². The van der Waals surface area contributed by atoms with Crippen molar-refractivity contribution in [3.63, 3.8) is 0 Å². The molecule has 0 saturated heterocycles. The summed E-state index contributed by atoms with van der Waals surface area (Å²) in [5, 5.41) is 2.78. The van der Waals surface area contributed by atoms with E-state index in [9.17, 15) is 9.59 Å². The number of aryl methyl sites for hydroxylation is 1. The van der Waals surface area contributed by atoms with E-state index < -0.39 is 12.1 Å². The average Bonchev–Trinajstić information content (AvgIpc) is 2.87. The third-order valence-corrected chi connectivity index (χ3v) is 4.07. The van der Waals surface area contributed by atoms with Crippen molar-refractivity contribution < 1.29 is 14.3 Å². The van der Waals surface area contributed by atoms with Crippen LogP contribution in [0.4, 0.5) is 0 Å². The van der Waals surface area contributed by atoms with E-state index in [-0.39, 0.29) is 5.91 Å². The van der Waals surface area contributed by atoms with E-state index in [2.05, 4.69) is 5.32 Å². The zero-order valence-electron chi connectivity index (χ0n) is 14.6. The fraction of sp³-hybridized carbons (Fsp3) is 0.368. The van der Waals surface area contributed by atoms with Crippen molar-refractivity contribution in [1.82, 2.24) is 9.88 Å². The van der Waals surface area contributed by atoms with Crippen LogP contribution in [0.25, 0.3) is 0 Å². The minimum atomic E-state index is -0.842. The summed E-state index contributed by atoms with van der Waals surface area (Å²) < 4.78 is 7.35. The first kappa shape index (κ1) is 17.8. The Labute approximate surface area is 142 Å². The van der Waals surface area contributed by atoms with Crippen LogP contribution in [0.15, 0.2) is 36.4 Å². The van der Waals surface area contributed by atoms with E-state index in [1.807, 2.05) is 55.7 Å². The highest BCUT2D eigenvalue weighted by atomic mass is 16.5. The second-order valence-corrected chi connectivity index (χ2v) is 5.78. The summed E-state index contributed by atoms with van der Waals surface area (Å²) in [4.78, 5) is 24.4. The molecule has 5 nitrogen and oxygen atoms in total. The van der Waals surface area contributed by atoms with Gasteiger partial charge in [-0.1, -0.05) is 30.3 Å². The minimum absolute atomic E-state index is 0.309. The van der Waals surface area contributed by atoms with Gasteiger partial charge in [0.2, 0.25) is 0 Å². The van der Waals surface area contributed by atoms with Crippen LogP contribution in [0.3, 0.4) is 0 Å². The Morgan fingerprint density at radius 2 is 1.88 bits per heavy atom. The molecule has 0 aliphatic rings. The molecule has 0 saturated carbocycles. The van der Waals surface area contributed by atoms with Crippen molar-refractivity contribution in [1.29, 1.82) is 0 Å². The zero-order valence-corrected chi connectivity index (χ0v) is 14.6. The maximum absolute atomic E-state index is 12.3. The predicted octanol–water partition coefficient (Wildman–Crippen LogP) is 2.99. The summed E-state index contributed by atoms with van der Waals surface area (Å²) in [7, 11) is 0. The van der Waals surface area contributed by atoms with Gasteiger partial charge in [0, 0.05) is 24.5 Å². The number of benzene rings is 1. The number of rotatable bonds is 6. The standard InChI is InChI=1S/C19H24N2O3/c1-5-21-13(2)11-17(14(21)3)19(23)24-15(4)18(22)20-12-16-9-7-6-8-10-16/h6-11,15H,5,12H2,1-4H3,(H,20,22)/t15-/m1/s1. The monoisotopic (exact) mass is 328 g/mol. The van der Waals surface area contributed by atoms with Crippen molar-refractivity contribution in [3.05, 3.63) is 58.9 Å². The zero-order chi connectivity index (χ0) is 17.7. The van der Waals surface area contributed by atoms with Gasteiger partial charge in [-0.15, -0.1) is 0 Å². The quantitative estimate of drug-likeness (QED) is 0.829. The Bertz CT molecular complexity index is 720. The van der Waals surface area contributed by atoms with Crippen molar-refractivity contribution in [2.24, 2.45) is 0 Å². The van der Waals surface area contributed by atoms with Gasteiger partial charge < -0.3 is 14.6 Å². The van der Waals surface area contributed by atoms with Crippen molar-refractivity contribution in [3.8, 4) is 0 Å². The van der Waals surface area contributed by atoms with Crippen molar-refractivity contribution in [2.45, 2.75) is 46.9 Å². The van der Waals surface area contributed by atoms with Crippen LogP contribution < -0.4 is 5.32 Å². The molecule has 5 heteroatoms. The molecule has 0 radical (unpaired) electrons. The Morgan fingerprint density at radius 1 is 1.21 bits per heavy atom. The van der Waals surface area contributed by atoms with Crippen molar-refractivity contribution in [2.75, 3.05) is 0 Å². The van der Waals surface area contributed by atoms with Gasteiger partial charge >= 0.3 is 5.97 Å². The number of nitrogens with zero attached hydrogens (tertiary/aromatic N) is 1. The first-order chi connectivity index (χ1) is 11.4. The summed E-state index contributed by atoms with van der Waals surface area (Å²) in [6.07, 6.45) is -0.842. The number of nitrogens with one attached hydrogen (secondary N) is 1. The number of hydrogen-bond acceptors (Lipinski definition) is 3. The van der Waals surface area contributed by atoms with E-state index in [1.54, 1.807) is 13.0 Å². The minimum Gasteiger partial charge on any atom is -0.449 e. The van der Waals surface area contributed by atoms with Gasteiger partial charge in [0.25, 0.3) is 5.91 Å². The van der Waals surface area contributed by atoms with E-state index in [1.165, 1.54) is 0 Å². The van der Waals surface area contributed by atoms with Gasteiger partial charge in [0.15, 0.2) is 6.10 Å². The predicted molar refractivity (Wildman–Crippen MR) is 92.7 cm³/mol. The fourth-order valence-electron chi connectivity index (χ4n) is 2.70. The fourth-order valence-corrected chi connectivity index (χ4v) is 2.70. The lowest BCUT2D eigenvalue weighted by Crippen LogP contribution is -2.35. The van der Waals surface area contributed by atoms with Crippen LogP contribution >= 0.6 is 0 Å². The largest absolute Gasteiger partial charge is 0.449 e. The van der Waals surface area contributed by atoms with Gasteiger partial charge in [-0.3, -0.25) is 4.79 Å². The Hall–Kier alpha value is -2.56. The molecule has 1 N–H and O–H groups in total. The van der Waals surface area contributed by atoms with Gasteiger partial charge in [-0.2, -0.15) is 0 Å². The molecule has 128 valence electrons. The molecule has 2 aromatic rings. The summed E-state index contributed by atoms with van der Waals surface area (Å²) >= 11 is 0. The van der Waals surface area contributed by atoms with E-state index in [0.717, 1.165) is 23.5 Å². The van der Waals surface area contributed by atoms with Crippen molar-refractivity contribution >= 4 is 11.9 Å². The summed E-state index contributed by atoms with van der Waals surface area (Å²) in [6, 6.07) is 11.4. The molecular weight excluding hydrogens is 304 g/mol. The van der Waals surface area contributed by atoms with Crippen LogP contribution in [-0.2, 0) is 22.6 Å². The van der Waals surface area contributed by atoms with E-state index in [4.69, 9.17) is 4.74 Å². The molecule has 0 unspecified atom stereocenters. The molecule has 1 heterocycles. The third-order valence-electron chi connectivity index (χ3n) is 4.07. The maximum Gasteiger partial charge on any atom is 0.340 e. The molecular formula is C19H24N2O3. The summed E-state index contributed by atoms with van der Waals surface area (Å²) in [5.41, 5.74) is 3.37. The first-order valence-electron chi connectivity index (χ1n) is 8.13. The molecule has 0 spiro atoms. The number of ether oxygens (including phenoxy) is 1. The Kier molecular flexibility index (Phi) is 5.79. The van der Waals surface area contributed by atoms with Crippen LogP contribution in [0.5, 0.6) is 0 Å². The molecule has 1 amide bonds. The lowest BCUT2D eigenvalue weighted by Gasteiger charge is -2.14. The number of aromatic nitrogens is 1. The van der Waals surface area contributed by atoms with Gasteiger partial charge in [0.05, 0.1) is 5.56 Å². The number of carbonyl (C=O) groups excluding carboxylic acids is 2. The average molecular weight is 328 g/mol.